The molecule has 0 saturated carbocycles. The zero-order chi connectivity index (χ0) is 13.7. The first kappa shape index (κ1) is 14.5. The Bertz CT molecular complexity index is 581. The van der Waals surface area contributed by atoms with Crippen LogP contribution in [0.5, 0.6) is 5.75 Å². The fourth-order valence-electron chi connectivity index (χ4n) is 1.55. The van der Waals surface area contributed by atoms with Crippen molar-refractivity contribution in [3.8, 4) is 5.75 Å². The highest BCUT2D eigenvalue weighted by Gasteiger charge is 2.00. The average molecular weight is 430 g/mol. The molecule has 0 spiro atoms. The predicted octanol–water partition coefficient (Wildman–Crippen LogP) is 5.20. The molecule has 2 aromatic rings. The molecule has 0 aromatic heterocycles. The fourth-order valence-corrected chi connectivity index (χ4v) is 2.51. The first-order valence-electron chi connectivity index (χ1n) is 5.91. The van der Waals surface area contributed by atoms with Gasteiger partial charge < -0.3 is 4.74 Å². The Balaban J connectivity index is 2.14. The van der Waals surface area contributed by atoms with Gasteiger partial charge in [-0.2, -0.15) is 0 Å². The van der Waals surface area contributed by atoms with Crippen LogP contribution in [0, 0.1) is 3.57 Å². The van der Waals surface area contributed by atoms with Crippen LogP contribution < -0.4 is 4.74 Å². The van der Waals surface area contributed by atoms with E-state index in [1.807, 2.05) is 49.5 Å². The normalized spacial score (nSPS) is 10.9. The molecule has 0 amide bonds. The van der Waals surface area contributed by atoms with Gasteiger partial charge in [0.15, 0.2) is 0 Å². The summed E-state index contributed by atoms with van der Waals surface area (Å²) in [6.07, 6.45) is 1.86. The minimum Gasteiger partial charge on any atom is -0.493 e. The van der Waals surface area contributed by atoms with Crippen molar-refractivity contribution in [1.82, 2.24) is 0 Å². The van der Waals surface area contributed by atoms with E-state index in [2.05, 4.69) is 49.6 Å². The van der Waals surface area contributed by atoms with Gasteiger partial charge in [-0.1, -0.05) is 15.9 Å². The first-order valence-corrected chi connectivity index (χ1v) is 7.78. The highest BCUT2D eigenvalue weighted by atomic mass is 127. The molecular weight excluding hydrogens is 417 g/mol. The summed E-state index contributed by atoms with van der Waals surface area (Å²) in [6.45, 7) is 2.67. The summed E-state index contributed by atoms with van der Waals surface area (Å²) in [7, 11) is 0. The van der Waals surface area contributed by atoms with E-state index >= 15 is 0 Å². The standard InChI is InChI=1S/C15H13BrINO/c1-2-19-15-8-3-11(9-14(15)17)10-18-13-6-4-12(16)5-7-13/h3-10H,2H2,1H3. The van der Waals surface area contributed by atoms with E-state index in [4.69, 9.17) is 4.74 Å². The highest BCUT2D eigenvalue weighted by molar-refractivity contribution is 14.1. The summed E-state index contributed by atoms with van der Waals surface area (Å²) in [4.78, 5) is 4.44. The molecule has 98 valence electrons. The summed E-state index contributed by atoms with van der Waals surface area (Å²) in [5, 5.41) is 0. The maximum Gasteiger partial charge on any atom is 0.132 e. The van der Waals surface area contributed by atoms with Gasteiger partial charge in [0.1, 0.15) is 5.75 Å². The topological polar surface area (TPSA) is 21.6 Å². The average Bonchev–Trinajstić information content (AvgIpc) is 2.41. The van der Waals surface area contributed by atoms with E-state index in [9.17, 15) is 0 Å². The molecule has 0 aliphatic rings. The molecule has 0 aliphatic carbocycles. The molecule has 0 bridgehead atoms. The summed E-state index contributed by atoms with van der Waals surface area (Å²) in [6, 6.07) is 14.0. The van der Waals surface area contributed by atoms with Gasteiger partial charge in [0.2, 0.25) is 0 Å². The van der Waals surface area contributed by atoms with Crippen LogP contribution in [-0.4, -0.2) is 12.8 Å². The second kappa shape index (κ2) is 7.05. The monoisotopic (exact) mass is 429 g/mol. The van der Waals surface area contributed by atoms with Crippen LogP contribution in [-0.2, 0) is 0 Å². The van der Waals surface area contributed by atoms with Crippen molar-refractivity contribution >= 4 is 50.4 Å². The van der Waals surface area contributed by atoms with Gasteiger partial charge in [-0.15, -0.1) is 0 Å². The maximum absolute atomic E-state index is 5.51. The lowest BCUT2D eigenvalue weighted by atomic mass is 10.2. The Labute approximate surface area is 135 Å². The first-order chi connectivity index (χ1) is 9.19. The van der Waals surface area contributed by atoms with Crippen molar-refractivity contribution < 1.29 is 4.74 Å². The van der Waals surface area contributed by atoms with E-state index < -0.39 is 0 Å². The number of benzene rings is 2. The predicted molar refractivity (Wildman–Crippen MR) is 91.7 cm³/mol. The molecule has 2 aromatic carbocycles. The van der Waals surface area contributed by atoms with Gasteiger partial charge >= 0.3 is 0 Å². The molecule has 0 unspecified atom stereocenters. The summed E-state index contributed by atoms with van der Waals surface area (Å²) >= 11 is 5.68. The van der Waals surface area contributed by atoms with Gasteiger partial charge in [-0.25, -0.2) is 0 Å². The Hall–Kier alpha value is -0.880. The molecule has 2 rings (SSSR count). The van der Waals surface area contributed by atoms with Gasteiger partial charge in [0.25, 0.3) is 0 Å². The number of aliphatic imine (C=N–C) groups is 1. The third kappa shape index (κ3) is 4.31. The molecule has 4 heteroatoms. The van der Waals surface area contributed by atoms with Gasteiger partial charge in [-0.3, -0.25) is 4.99 Å². The fraction of sp³-hybridized carbons (Fsp3) is 0.133. The lowest BCUT2D eigenvalue weighted by Crippen LogP contribution is -1.94. The highest BCUT2D eigenvalue weighted by Crippen LogP contribution is 2.22. The molecule has 0 N–H and O–H groups in total. The molecule has 0 radical (unpaired) electrons. The van der Waals surface area contributed by atoms with Crippen LogP contribution in [0.3, 0.4) is 0 Å². The second-order valence-corrected chi connectivity index (χ2v) is 5.94. The number of ether oxygens (including phenoxy) is 1. The minimum absolute atomic E-state index is 0.683. The van der Waals surface area contributed by atoms with E-state index in [0.717, 1.165) is 25.0 Å². The smallest absolute Gasteiger partial charge is 0.132 e. The summed E-state index contributed by atoms with van der Waals surface area (Å²) in [5.41, 5.74) is 2.00. The van der Waals surface area contributed by atoms with E-state index in [1.165, 1.54) is 0 Å². The van der Waals surface area contributed by atoms with Crippen molar-refractivity contribution in [3.05, 3.63) is 56.1 Å². The molecule has 2 nitrogen and oxygen atoms in total. The van der Waals surface area contributed by atoms with Crippen molar-refractivity contribution in [2.75, 3.05) is 6.61 Å². The van der Waals surface area contributed by atoms with E-state index in [-0.39, 0.29) is 0 Å². The Morgan fingerprint density at radius 2 is 1.95 bits per heavy atom. The van der Waals surface area contributed by atoms with Crippen molar-refractivity contribution in [2.45, 2.75) is 6.92 Å². The lowest BCUT2D eigenvalue weighted by Gasteiger charge is -2.05. The number of hydrogen-bond acceptors (Lipinski definition) is 2. The van der Waals surface area contributed by atoms with E-state index in [1.54, 1.807) is 0 Å². The molecule has 19 heavy (non-hydrogen) atoms. The summed E-state index contributed by atoms with van der Waals surface area (Å²) in [5.74, 6) is 0.920. The Morgan fingerprint density at radius 3 is 2.58 bits per heavy atom. The Kier molecular flexibility index (Phi) is 5.39. The van der Waals surface area contributed by atoms with Crippen LogP contribution in [0.25, 0.3) is 0 Å². The third-order valence-corrected chi connectivity index (χ3v) is 3.82. The van der Waals surface area contributed by atoms with Crippen LogP contribution >= 0.6 is 38.5 Å². The van der Waals surface area contributed by atoms with Crippen molar-refractivity contribution in [1.29, 1.82) is 0 Å². The van der Waals surface area contributed by atoms with Crippen LogP contribution in [0.2, 0.25) is 0 Å². The van der Waals surface area contributed by atoms with Crippen LogP contribution in [0.4, 0.5) is 5.69 Å². The van der Waals surface area contributed by atoms with Crippen molar-refractivity contribution in [2.24, 2.45) is 4.99 Å². The largest absolute Gasteiger partial charge is 0.493 e. The van der Waals surface area contributed by atoms with Crippen molar-refractivity contribution in [3.63, 3.8) is 0 Å². The SMILES string of the molecule is CCOc1ccc(C=Nc2ccc(Br)cc2)cc1I. The van der Waals surface area contributed by atoms with Crippen LogP contribution in [0.1, 0.15) is 12.5 Å². The number of nitrogens with zero attached hydrogens (tertiary/aromatic N) is 1. The number of rotatable bonds is 4. The van der Waals surface area contributed by atoms with E-state index in [0.29, 0.717) is 6.61 Å². The minimum atomic E-state index is 0.683. The zero-order valence-electron chi connectivity index (χ0n) is 10.4. The number of hydrogen-bond donors (Lipinski definition) is 0. The van der Waals surface area contributed by atoms with Gasteiger partial charge in [0.05, 0.1) is 15.9 Å². The molecule has 0 fully saturated rings. The molecule has 0 aliphatic heterocycles. The zero-order valence-corrected chi connectivity index (χ0v) is 14.2. The molecule has 0 heterocycles. The quantitative estimate of drug-likeness (QED) is 0.483. The van der Waals surface area contributed by atoms with Gasteiger partial charge in [-0.05, 0) is 77.5 Å². The molecular formula is C15H13BrINO. The number of halogens is 2. The maximum atomic E-state index is 5.51. The Morgan fingerprint density at radius 1 is 1.21 bits per heavy atom. The molecule has 0 saturated heterocycles. The van der Waals surface area contributed by atoms with Crippen LogP contribution in [0.15, 0.2) is 51.9 Å². The van der Waals surface area contributed by atoms with Gasteiger partial charge in [0, 0.05) is 10.7 Å². The molecule has 0 atom stereocenters. The second-order valence-electron chi connectivity index (χ2n) is 3.86. The third-order valence-electron chi connectivity index (χ3n) is 2.45. The lowest BCUT2D eigenvalue weighted by molar-refractivity contribution is 0.338. The summed E-state index contributed by atoms with van der Waals surface area (Å²) < 4.78 is 7.66.